The average Bonchev–Trinajstić information content (AvgIpc) is 2.55. The fourth-order valence-electron chi connectivity index (χ4n) is 2.24. The Morgan fingerprint density at radius 3 is 1.95 bits per heavy atom. The normalized spacial score (nSPS) is 12.9. The number of rotatable bonds is 11. The van der Waals surface area contributed by atoms with E-state index in [0.29, 0.717) is 12.8 Å². The number of allylic oxidation sites excluding steroid dienone is 1. The summed E-state index contributed by atoms with van der Waals surface area (Å²) < 4.78 is 14.1. The Kier molecular flexibility index (Phi) is 10.8. The molecule has 22 heavy (non-hydrogen) atoms. The van der Waals surface area contributed by atoms with E-state index in [-0.39, 0.29) is 18.8 Å². The molecule has 2 atom stereocenters. The fraction of sp³-hybridized carbons (Fsp3) is 0.688. The van der Waals surface area contributed by atoms with Crippen molar-refractivity contribution in [3.05, 3.63) is 12.7 Å². The summed E-state index contributed by atoms with van der Waals surface area (Å²) in [5, 5.41) is 0. The number of carbonyl (C=O) groups excluding carboxylic acids is 3. The molecule has 0 saturated carbocycles. The number of esters is 3. The van der Waals surface area contributed by atoms with Gasteiger partial charge in [0.2, 0.25) is 0 Å². The molecule has 0 N–H and O–H groups in total. The van der Waals surface area contributed by atoms with Crippen LogP contribution >= 0.6 is 0 Å². The molecule has 0 heterocycles. The van der Waals surface area contributed by atoms with Gasteiger partial charge in [-0.25, -0.2) is 0 Å². The van der Waals surface area contributed by atoms with Gasteiger partial charge in [-0.15, -0.1) is 6.58 Å². The standard InChI is InChI=1S/C16H26O6/c1-5-6-7-8-12(15(18)21-3)11-13(16(19)22-4)9-10-14(17)20-2/h5,12-13H,1,6-11H2,2-4H3. The molecular formula is C16H26O6. The number of hydrogen-bond acceptors (Lipinski definition) is 6. The summed E-state index contributed by atoms with van der Waals surface area (Å²) in [6.07, 6.45) is 4.65. The molecule has 0 aliphatic rings. The van der Waals surface area contributed by atoms with E-state index in [2.05, 4.69) is 11.3 Å². The zero-order valence-electron chi connectivity index (χ0n) is 13.6. The van der Waals surface area contributed by atoms with Crippen LogP contribution in [0.25, 0.3) is 0 Å². The van der Waals surface area contributed by atoms with Crippen LogP contribution in [0.3, 0.4) is 0 Å². The molecule has 2 unspecified atom stereocenters. The maximum Gasteiger partial charge on any atom is 0.308 e. The number of hydrogen-bond donors (Lipinski definition) is 0. The van der Waals surface area contributed by atoms with Gasteiger partial charge in [0.1, 0.15) is 0 Å². The lowest BCUT2D eigenvalue weighted by atomic mass is 9.88. The molecule has 0 radical (unpaired) electrons. The van der Waals surface area contributed by atoms with Crippen LogP contribution in [0.15, 0.2) is 12.7 Å². The second-order valence-corrected chi connectivity index (χ2v) is 5.01. The molecule has 6 heteroatoms. The summed E-state index contributed by atoms with van der Waals surface area (Å²) in [5.41, 5.74) is 0. The largest absolute Gasteiger partial charge is 0.469 e. The number of carbonyl (C=O) groups is 3. The van der Waals surface area contributed by atoms with Gasteiger partial charge in [0.25, 0.3) is 0 Å². The average molecular weight is 314 g/mol. The van der Waals surface area contributed by atoms with Crippen LogP contribution < -0.4 is 0 Å². The summed E-state index contributed by atoms with van der Waals surface area (Å²) in [4.78, 5) is 34.9. The zero-order chi connectivity index (χ0) is 17.0. The summed E-state index contributed by atoms with van der Waals surface area (Å²) in [5.74, 6) is -2.10. The Morgan fingerprint density at radius 2 is 1.50 bits per heavy atom. The van der Waals surface area contributed by atoms with Gasteiger partial charge < -0.3 is 14.2 Å². The Morgan fingerprint density at radius 1 is 0.955 bits per heavy atom. The highest BCUT2D eigenvalue weighted by atomic mass is 16.5. The summed E-state index contributed by atoms with van der Waals surface area (Å²) in [6.45, 7) is 3.64. The first-order valence-corrected chi connectivity index (χ1v) is 7.33. The van der Waals surface area contributed by atoms with Gasteiger partial charge in [-0.05, 0) is 32.1 Å². The Labute approximate surface area is 131 Å². The van der Waals surface area contributed by atoms with Gasteiger partial charge >= 0.3 is 17.9 Å². The fourth-order valence-corrected chi connectivity index (χ4v) is 2.24. The van der Waals surface area contributed by atoms with Crippen molar-refractivity contribution >= 4 is 17.9 Å². The maximum atomic E-state index is 11.9. The van der Waals surface area contributed by atoms with Gasteiger partial charge in [-0.1, -0.05) is 6.08 Å². The minimum atomic E-state index is -0.531. The van der Waals surface area contributed by atoms with Crippen molar-refractivity contribution in [1.82, 2.24) is 0 Å². The molecule has 0 aliphatic heterocycles. The minimum absolute atomic E-state index is 0.108. The van der Waals surface area contributed by atoms with Crippen molar-refractivity contribution in [1.29, 1.82) is 0 Å². The van der Waals surface area contributed by atoms with E-state index in [9.17, 15) is 14.4 Å². The van der Waals surface area contributed by atoms with E-state index in [1.807, 2.05) is 0 Å². The van der Waals surface area contributed by atoms with E-state index in [1.165, 1.54) is 21.3 Å². The second-order valence-electron chi connectivity index (χ2n) is 5.01. The van der Waals surface area contributed by atoms with Crippen LogP contribution in [0.4, 0.5) is 0 Å². The molecule has 0 amide bonds. The predicted octanol–water partition coefficient (Wildman–Crippen LogP) is 2.26. The van der Waals surface area contributed by atoms with E-state index in [0.717, 1.165) is 12.8 Å². The van der Waals surface area contributed by atoms with E-state index in [1.54, 1.807) is 6.08 Å². The number of ether oxygens (including phenoxy) is 3. The smallest absolute Gasteiger partial charge is 0.308 e. The molecule has 0 bridgehead atoms. The lowest BCUT2D eigenvalue weighted by Gasteiger charge is -2.20. The molecule has 0 aromatic rings. The Bertz CT molecular complexity index is 377. The molecular weight excluding hydrogens is 288 g/mol. The minimum Gasteiger partial charge on any atom is -0.469 e. The van der Waals surface area contributed by atoms with Crippen LogP contribution in [-0.4, -0.2) is 39.2 Å². The van der Waals surface area contributed by atoms with E-state index < -0.39 is 23.8 Å². The predicted molar refractivity (Wildman–Crippen MR) is 80.9 cm³/mol. The Hall–Kier alpha value is -1.85. The lowest BCUT2D eigenvalue weighted by molar-refractivity contribution is -0.150. The number of methoxy groups -OCH3 is 3. The van der Waals surface area contributed by atoms with Crippen molar-refractivity contribution < 1.29 is 28.6 Å². The van der Waals surface area contributed by atoms with Gasteiger partial charge in [-0.3, -0.25) is 14.4 Å². The SMILES string of the molecule is C=CCCCC(CC(CCC(=O)OC)C(=O)OC)C(=O)OC. The molecule has 6 nitrogen and oxygen atoms in total. The first-order chi connectivity index (χ1) is 10.5. The van der Waals surface area contributed by atoms with Crippen molar-refractivity contribution in [2.45, 2.75) is 38.5 Å². The van der Waals surface area contributed by atoms with Crippen LogP contribution in [0.2, 0.25) is 0 Å². The van der Waals surface area contributed by atoms with Gasteiger partial charge in [0.05, 0.1) is 33.2 Å². The topological polar surface area (TPSA) is 78.9 Å². The summed E-state index contributed by atoms with van der Waals surface area (Å²) >= 11 is 0. The van der Waals surface area contributed by atoms with Gasteiger partial charge in [0.15, 0.2) is 0 Å². The summed E-state index contributed by atoms with van der Waals surface area (Å²) in [7, 11) is 3.91. The Balaban J connectivity index is 4.77. The first-order valence-electron chi connectivity index (χ1n) is 7.33. The third-order valence-corrected chi connectivity index (χ3v) is 3.52. The zero-order valence-corrected chi connectivity index (χ0v) is 13.6. The van der Waals surface area contributed by atoms with Crippen LogP contribution in [0, 0.1) is 11.8 Å². The molecule has 0 saturated heterocycles. The van der Waals surface area contributed by atoms with Crippen LogP contribution in [0.1, 0.15) is 38.5 Å². The molecule has 0 spiro atoms. The molecule has 0 rings (SSSR count). The van der Waals surface area contributed by atoms with Gasteiger partial charge in [-0.2, -0.15) is 0 Å². The quantitative estimate of drug-likeness (QED) is 0.252. The molecule has 0 aromatic heterocycles. The van der Waals surface area contributed by atoms with Crippen LogP contribution in [0.5, 0.6) is 0 Å². The van der Waals surface area contributed by atoms with Crippen molar-refractivity contribution in [3.63, 3.8) is 0 Å². The maximum absolute atomic E-state index is 11.9. The van der Waals surface area contributed by atoms with Gasteiger partial charge in [0, 0.05) is 6.42 Å². The van der Waals surface area contributed by atoms with E-state index >= 15 is 0 Å². The highest BCUT2D eigenvalue weighted by Crippen LogP contribution is 2.24. The third-order valence-electron chi connectivity index (χ3n) is 3.52. The van der Waals surface area contributed by atoms with Crippen LogP contribution in [-0.2, 0) is 28.6 Å². The van der Waals surface area contributed by atoms with Crippen molar-refractivity contribution in [2.75, 3.05) is 21.3 Å². The first kappa shape index (κ1) is 20.1. The number of unbranched alkanes of at least 4 members (excludes halogenated alkanes) is 1. The molecule has 0 aromatic carbocycles. The van der Waals surface area contributed by atoms with Crippen molar-refractivity contribution in [3.8, 4) is 0 Å². The molecule has 0 aliphatic carbocycles. The lowest BCUT2D eigenvalue weighted by Crippen LogP contribution is -2.25. The molecule has 126 valence electrons. The molecule has 0 fully saturated rings. The van der Waals surface area contributed by atoms with E-state index in [4.69, 9.17) is 9.47 Å². The third kappa shape index (κ3) is 7.81. The second kappa shape index (κ2) is 11.8. The highest BCUT2D eigenvalue weighted by molar-refractivity contribution is 5.77. The highest BCUT2D eigenvalue weighted by Gasteiger charge is 2.28. The monoisotopic (exact) mass is 314 g/mol. The van der Waals surface area contributed by atoms with Crippen molar-refractivity contribution in [2.24, 2.45) is 11.8 Å². The summed E-state index contributed by atoms with van der Waals surface area (Å²) in [6, 6.07) is 0.